The number of ether oxygens (including phenoxy) is 2. The minimum Gasteiger partial charge on any atom is -0.388 e. The van der Waals surface area contributed by atoms with Gasteiger partial charge in [-0.1, -0.05) is 6.92 Å². The third-order valence-corrected chi connectivity index (χ3v) is 3.63. The van der Waals surface area contributed by atoms with E-state index in [4.69, 9.17) is 15.2 Å². The fraction of sp³-hybridized carbons (Fsp3) is 0.923. The van der Waals surface area contributed by atoms with E-state index in [0.29, 0.717) is 19.6 Å². The first kappa shape index (κ1) is 17.3. The molecular weight excluding hydrogens is 266 g/mol. The number of aliphatic hydroxyl groups excluding tert-OH is 3. The first-order chi connectivity index (χ1) is 9.38. The summed E-state index contributed by atoms with van der Waals surface area (Å²) >= 11 is 0. The van der Waals surface area contributed by atoms with Crippen LogP contribution in [0.15, 0.2) is 0 Å². The maximum Gasteiger partial charge on any atom is 0.220 e. The lowest BCUT2D eigenvalue weighted by Gasteiger charge is -2.41. The van der Waals surface area contributed by atoms with E-state index in [0.717, 1.165) is 0 Å². The van der Waals surface area contributed by atoms with Crippen LogP contribution >= 0.6 is 0 Å². The Kier molecular flexibility index (Phi) is 6.84. The van der Waals surface area contributed by atoms with Crippen molar-refractivity contribution in [3.63, 3.8) is 0 Å². The van der Waals surface area contributed by atoms with Gasteiger partial charge < -0.3 is 30.5 Å². The molecule has 7 heteroatoms. The van der Waals surface area contributed by atoms with Gasteiger partial charge in [0, 0.05) is 19.1 Å². The second-order valence-corrected chi connectivity index (χ2v) is 5.21. The fourth-order valence-corrected chi connectivity index (χ4v) is 2.27. The molecule has 6 unspecified atom stereocenters. The molecule has 1 rings (SSSR count). The minimum absolute atomic E-state index is 0.200. The Labute approximate surface area is 118 Å². The van der Waals surface area contributed by atoms with Crippen molar-refractivity contribution < 1.29 is 29.6 Å². The molecule has 0 radical (unpaired) electrons. The standard InChI is InChI=1S/C13H25NO6/c1-3-19-5-4-8-10(15)12(17)11(16)9(20-8)6-7(2)13(14)18/h7-12,15-17H,3-6H2,1-2H3,(H2,14,18). The van der Waals surface area contributed by atoms with Gasteiger partial charge in [0.2, 0.25) is 5.91 Å². The van der Waals surface area contributed by atoms with Gasteiger partial charge in [-0.05, 0) is 19.8 Å². The molecule has 1 heterocycles. The normalized spacial score (nSPS) is 35.8. The van der Waals surface area contributed by atoms with Crippen LogP contribution in [-0.2, 0) is 14.3 Å². The SMILES string of the molecule is CCOCCC1OC(CC(C)C(N)=O)C(O)C(O)C1O. The van der Waals surface area contributed by atoms with Crippen LogP contribution in [0, 0.1) is 5.92 Å². The molecule has 6 atom stereocenters. The zero-order valence-electron chi connectivity index (χ0n) is 11.9. The van der Waals surface area contributed by atoms with Crippen molar-refractivity contribution in [1.29, 1.82) is 0 Å². The van der Waals surface area contributed by atoms with Crippen molar-refractivity contribution in [2.45, 2.75) is 57.2 Å². The zero-order valence-corrected chi connectivity index (χ0v) is 11.9. The molecule has 0 aromatic rings. The van der Waals surface area contributed by atoms with Gasteiger partial charge in [-0.3, -0.25) is 4.79 Å². The molecule has 1 aliphatic heterocycles. The van der Waals surface area contributed by atoms with Gasteiger partial charge in [-0.25, -0.2) is 0 Å². The maximum atomic E-state index is 11.1. The Balaban J connectivity index is 2.63. The second kappa shape index (κ2) is 7.90. The van der Waals surface area contributed by atoms with Crippen LogP contribution in [-0.4, -0.2) is 65.0 Å². The lowest BCUT2D eigenvalue weighted by molar-refractivity contribution is -0.228. The molecule has 0 aliphatic carbocycles. The Morgan fingerprint density at radius 3 is 2.40 bits per heavy atom. The van der Waals surface area contributed by atoms with E-state index in [-0.39, 0.29) is 6.42 Å². The van der Waals surface area contributed by atoms with Crippen LogP contribution in [0.4, 0.5) is 0 Å². The van der Waals surface area contributed by atoms with E-state index in [2.05, 4.69) is 0 Å². The topological polar surface area (TPSA) is 122 Å². The van der Waals surface area contributed by atoms with Gasteiger partial charge in [0.25, 0.3) is 0 Å². The van der Waals surface area contributed by atoms with Gasteiger partial charge in [-0.2, -0.15) is 0 Å². The van der Waals surface area contributed by atoms with Gasteiger partial charge in [0.1, 0.15) is 18.3 Å². The van der Waals surface area contributed by atoms with Gasteiger partial charge in [0.15, 0.2) is 0 Å². The largest absolute Gasteiger partial charge is 0.388 e. The Morgan fingerprint density at radius 2 is 1.85 bits per heavy atom. The summed E-state index contributed by atoms with van der Waals surface area (Å²) in [6, 6.07) is 0. The van der Waals surface area contributed by atoms with Crippen LogP contribution in [0.3, 0.4) is 0 Å². The molecule has 7 nitrogen and oxygen atoms in total. The predicted octanol–water partition coefficient (Wildman–Crippen LogP) is -1.23. The summed E-state index contributed by atoms with van der Waals surface area (Å²) in [6.45, 7) is 4.42. The molecule has 1 amide bonds. The highest BCUT2D eigenvalue weighted by Gasteiger charge is 2.43. The molecule has 20 heavy (non-hydrogen) atoms. The first-order valence-corrected chi connectivity index (χ1v) is 6.95. The molecule has 118 valence electrons. The summed E-state index contributed by atoms with van der Waals surface area (Å²) < 4.78 is 10.8. The number of hydrogen-bond donors (Lipinski definition) is 4. The van der Waals surface area contributed by atoms with Crippen molar-refractivity contribution in [1.82, 2.24) is 0 Å². The molecule has 0 saturated carbocycles. The van der Waals surface area contributed by atoms with E-state index in [1.54, 1.807) is 6.92 Å². The highest BCUT2D eigenvalue weighted by molar-refractivity contribution is 5.76. The van der Waals surface area contributed by atoms with Crippen molar-refractivity contribution >= 4 is 5.91 Å². The number of nitrogens with two attached hydrogens (primary N) is 1. The Hall–Kier alpha value is -0.730. The summed E-state index contributed by atoms with van der Waals surface area (Å²) in [5.74, 6) is -0.975. The third-order valence-electron chi connectivity index (χ3n) is 3.63. The fourth-order valence-electron chi connectivity index (χ4n) is 2.27. The van der Waals surface area contributed by atoms with E-state index in [9.17, 15) is 20.1 Å². The molecular formula is C13H25NO6. The second-order valence-electron chi connectivity index (χ2n) is 5.21. The van der Waals surface area contributed by atoms with Crippen molar-refractivity contribution in [2.75, 3.05) is 13.2 Å². The minimum atomic E-state index is -1.31. The van der Waals surface area contributed by atoms with Gasteiger partial charge >= 0.3 is 0 Å². The summed E-state index contributed by atoms with van der Waals surface area (Å²) in [5, 5.41) is 29.7. The first-order valence-electron chi connectivity index (χ1n) is 6.95. The lowest BCUT2D eigenvalue weighted by Crippen LogP contribution is -2.58. The summed E-state index contributed by atoms with van der Waals surface area (Å²) in [6.07, 6.45) is -4.49. The maximum absolute atomic E-state index is 11.1. The highest BCUT2D eigenvalue weighted by Crippen LogP contribution is 2.27. The van der Waals surface area contributed by atoms with E-state index in [1.165, 1.54) is 0 Å². The van der Waals surface area contributed by atoms with Crippen LogP contribution in [0.2, 0.25) is 0 Å². The number of amides is 1. The Bertz CT molecular complexity index is 313. The number of primary amides is 1. The molecule has 1 saturated heterocycles. The summed E-state index contributed by atoms with van der Waals surface area (Å²) in [4.78, 5) is 11.1. The highest BCUT2D eigenvalue weighted by atomic mass is 16.5. The number of carbonyl (C=O) groups excluding carboxylic acids is 1. The Morgan fingerprint density at radius 1 is 1.25 bits per heavy atom. The van der Waals surface area contributed by atoms with E-state index < -0.39 is 42.3 Å². The smallest absolute Gasteiger partial charge is 0.220 e. The number of aliphatic hydroxyl groups is 3. The van der Waals surface area contributed by atoms with Crippen molar-refractivity contribution in [3.05, 3.63) is 0 Å². The zero-order chi connectivity index (χ0) is 15.3. The monoisotopic (exact) mass is 291 g/mol. The number of hydrogen-bond acceptors (Lipinski definition) is 6. The third kappa shape index (κ3) is 4.39. The summed E-state index contributed by atoms with van der Waals surface area (Å²) in [5.41, 5.74) is 5.19. The van der Waals surface area contributed by atoms with Crippen LogP contribution in [0.25, 0.3) is 0 Å². The quantitative estimate of drug-likeness (QED) is 0.436. The predicted molar refractivity (Wildman–Crippen MR) is 70.8 cm³/mol. The van der Waals surface area contributed by atoms with Gasteiger partial charge in [0.05, 0.1) is 12.2 Å². The average molecular weight is 291 g/mol. The molecule has 0 bridgehead atoms. The lowest BCUT2D eigenvalue weighted by atomic mass is 9.89. The molecule has 0 aromatic carbocycles. The molecule has 0 aromatic heterocycles. The number of rotatable bonds is 7. The van der Waals surface area contributed by atoms with Gasteiger partial charge in [-0.15, -0.1) is 0 Å². The molecule has 1 aliphatic rings. The van der Waals surface area contributed by atoms with Crippen LogP contribution < -0.4 is 5.73 Å². The average Bonchev–Trinajstić information content (AvgIpc) is 2.41. The molecule has 0 spiro atoms. The molecule has 1 fully saturated rings. The molecule has 5 N–H and O–H groups in total. The van der Waals surface area contributed by atoms with E-state index in [1.807, 2.05) is 6.92 Å². The summed E-state index contributed by atoms with van der Waals surface area (Å²) in [7, 11) is 0. The van der Waals surface area contributed by atoms with Crippen molar-refractivity contribution in [3.8, 4) is 0 Å². The van der Waals surface area contributed by atoms with Crippen molar-refractivity contribution in [2.24, 2.45) is 11.7 Å². The van der Waals surface area contributed by atoms with E-state index >= 15 is 0 Å². The van der Waals surface area contributed by atoms with Crippen LogP contribution in [0.1, 0.15) is 26.7 Å². The number of carbonyl (C=O) groups is 1. The van der Waals surface area contributed by atoms with Crippen LogP contribution in [0.5, 0.6) is 0 Å².